The first-order valence-electron chi connectivity index (χ1n) is 5.25. The Morgan fingerprint density at radius 3 is 2.88 bits per heavy atom. The third-order valence-electron chi connectivity index (χ3n) is 2.10. The van der Waals surface area contributed by atoms with E-state index in [1.807, 2.05) is 30.3 Å². The van der Waals surface area contributed by atoms with Gasteiger partial charge in [0.2, 0.25) is 5.95 Å². The molecular weight excluding hydrogens is 218 g/mol. The van der Waals surface area contributed by atoms with Crippen LogP contribution in [0.25, 0.3) is 0 Å². The largest absolute Gasteiger partial charge is 0.367 e. The Bertz CT molecular complexity index is 454. The predicted molar refractivity (Wildman–Crippen MR) is 63.3 cm³/mol. The van der Waals surface area contributed by atoms with Gasteiger partial charge in [0.1, 0.15) is 6.61 Å². The SMILES string of the molecule is O=C(COCc1ccccc1)Nc1ncc[nH]1. The van der Waals surface area contributed by atoms with E-state index >= 15 is 0 Å². The summed E-state index contributed by atoms with van der Waals surface area (Å²) in [5.74, 6) is 0.203. The summed E-state index contributed by atoms with van der Waals surface area (Å²) >= 11 is 0. The fourth-order valence-electron chi connectivity index (χ4n) is 1.34. The van der Waals surface area contributed by atoms with E-state index in [9.17, 15) is 4.79 Å². The zero-order valence-corrected chi connectivity index (χ0v) is 9.22. The lowest BCUT2D eigenvalue weighted by molar-refractivity contribution is -0.121. The van der Waals surface area contributed by atoms with E-state index < -0.39 is 0 Å². The van der Waals surface area contributed by atoms with Gasteiger partial charge < -0.3 is 9.72 Å². The highest BCUT2D eigenvalue weighted by Crippen LogP contribution is 2.00. The van der Waals surface area contributed by atoms with Gasteiger partial charge in [0.25, 0.3) is 5.91 Å². The number of carbonyl (C=O) groups is 1. The molecule has 1 amide bonds. The van der Waals surface area contributed by atoms with E-state index in [4.69, 9.17) is 4.74 Å². The number of aromatic nitrogens is 2. The van der Waals surface area contributed by atoms with E-state index in [1.165, 1.54) is 0 Å². The summed E-state index contributed by atoms with van der Waals surface area (Å²) < 4.78 is 5.28. The molecule has 0 aliphatic heterocycles. The van der Waals surface area contributed by atoms with Crippen LogP contribution in [0.3, 0.4) is 0 Å². The van der Waals surface area contributed by atoms with Gasteiger partial charge in [0.15, 0.2) is 0 Å². The van der Waals surface area contributed by atoms with Gasteiger partial charge >= 0.3 is 0 Å². The molecule has 0 spiro atoms. The van der Waals surface area contributed by atoms with Crippen molar-refractivity contribution < 1.29 is 9.53 Å². The maximum atomic E-state index is 11.4. The van der Waals surface area contributed by atoms with Gasteiger partial charge in [-0.2, -0.15) is 0 Å². The number of anilines is 1. The van der Waals surface area contributed by atoms with E-state index in [0.717, 1.165) is 5.56 Å². The van der Waals surface area contributed by atoms with Gasteiger partial charge in [-0.25, -0.2) is 4.98 Å². The molecule has 0 saturated heterocycles. The van der Waals surface area contributed by atoms with E-state index in [-0.39, 0.29) is 12.5 Å². The molecule has 1 heterocycles. The van der Waals surface area contributed by atoms with Crippen molar-refractivity contribution in [2.75, 3.05) is 11.9 Å². The highest BCUT2D eigenvalue weighted by Gasteiger charge is 2.03. The molecule has 5 nitrogen and oxygen atoms in total. The highest BCUT2D eigenvalue weighted by molar-refractivity contribution is 5.89. The molecule has 2 rings (SSSR count). The number of amides is 1. The molecule has 2 aromatic rings. The molecule has 88 valence electrons. The van der Waals surface area contributed by atoms with Crippen molar-refractivity contribution in [1.29, 1.82) is 0 Å². The number of rotatable bonds is 5. The van der Waals surface area contributed by atoms with Crippen molar-refractivity contribution in [3.8, 4) is 0 Å². The van der Waals surface area contributed by atoms with Crippen LogP contribution in [-0.2, 0) is 16.1 Å². The zero-order valence-electron chi connectivity index (χ0n) is 9.22. The molecule has 0 bridgehead atoms. The maximum Gasteiger partial charge on any atom is 0.252 e. The molecule has 2 N–H and O–H groups in total. The molecule has 0 saturated carbocycles. The van der Waals surface area contributed by atoms with Gasteiger partial charge in [0, 0.05) is 12.4 Å². The van der Waals surface area contributed by atoms with Crippen LogP contribution in [0.5, 0.6) is 0 Å². The smallest absolute Gasteiger partial charge is 0.252 e. The lowest BCUT2D eigenvalue weighted by atomic mass is 10.2. The number of hydrogen-bond donors (Lipinski definition) is 2. The molecule has 0 aliphatic carbocycles. The molecule has 17 heavy (non-hydrogen) atoms. The van der Waals surface area contributed by atoms with Gasteiger partial charge in [-0.15, -0.1) is 0 Å². The number of H-pyrrole nitrogens is 1. The molecule has 0 radical (unpaired) electrons. The summed E-state index contributed by atoms with van der Waals surface area (Å²) in [6.07, 6.45) is 3.21. The van der Waals surface area contributed by atoms with Crippen molar-refractivity contribution in [2.24, 2.45) is 0 Å². The predicted octanol–water partition coefficient (Wildman–Crippen LogP) is 1.56. The monoisotopic (exact) mass is 231 g/mol. The van der Waals surface area contributed by atoms with Crippen LogP contribution in [0.15, 0.2) is 42.7 Å². The Labute approximate surface area is 98.8 Å². The zero-order chi connectivity index (χ0) is 11.9. The Hall–Kier alpha value is -2.14. The second-order valence-electron chi connectivity index (χ2n) is 3.46. The van der Waals surface area contributed by atoms with Crippen molar-refractivity contribution in [2.45, 2.75) is 6.61 Å². The summed E-state index contributed by atoms with van der Waals surface area (Å²) in [7, 11) is 0. The molecule has 1 aromatic carbocycles. The Morgan fingerprint density at radius 2 is 2.18 bits per heavy atom. The fraction of sp³-hybridized carbons (Fsp3) is 0.167. The van der Waals surface area contributed by atoms with Crippen molar-refractivity contribution in [3.05, 3.63) is 48.3 Å². The first-order chi connectivity index (χ1) is 8.34. The first-order valence-corrected chi connectivity index (χ1v) is 5.25. The second kappa shape index (κ2) is 5.81. The van der Waals surface area contributed by atoms with Gasteiger partial charge in [-0.05, 0) is 5.56 Å². The number of nitrogens with zero attached hydrogens (tertiary/aromatic N) is 1. The molecular formula is C12H13N3O2. The highest BCUT2D eigenvalue weighted by atomic mass is 16.5. The lowest BCUT2D eigenvalue weighted by Crippen LogP contribution is -2.18. The lowest BCUT2D eigenvalue weighted by Gasteiger charge is -2.04. The van der Waals surface area contributed by atoms with Gasteiger partial charge in [-0.1, -0.05) is 30.3 Å². The number of imidazole rings is 1. The number of benzene rings is 1. The standard InChI is InChI=1S/C12H13N3O2/c16-11(15-12-13-6-7-14-12)9-17-8-10-4-2-1-3-5-10/h1-7H,8-9H2,(H2,13,14,15,16). The summed E-state index contributed by atoms with van der Waals surface area (Å²) in [6, 6.07) is 9.70. The summed E-state index contributed by atoms with van der Waals surface area (Å²) in [5.41, 5.74) is 1.04. The van der Waals surface area contributed by atoms with Gasteiger partial charge in [-0.3, -0.25) is 10.1 Å². The van der Waals surface area contributed by atoms with Crippen LogP contribution < -0.4 is 5.32 Å². The quantitative estimate of drug-likeness (QED) is 0.820. The Kier molecular flexibility index (Phi) is 3.88. The van der Waals surface area contributed by atoms with Crippen LogP contribution in [0.2, 0.25) is 0 Å². The molecule has 0 fully saturated rings. The van der Waals surface area contributed by atoms with Crippen LogP contribution >= 0.6 is 0 Å². The van der Waals surface area contributed by atoms with Crippen LogP contribution in [0, 0.1) is 0 Å². The van der Waals surface area contributed by atoms with E-state index in [1.54, 1.807) is 12.4 Å². The third-order valence-corrected chi connectivity index (χ3v) is 2.10. The van der Waals surface area contributed by atoms with Crippen LogP contribution in [-0.4, -0.2) is 22.5 Å². The Morgan fingerprint density at radius 1 is 1.35 bits per heavy atom. The van der Waals surface area contributed by atoms with Crippen molar-refractivity contribution in [1.82, 2.24) is 9.97 Å². The first kappa shape index (κ1) is 11.3. The maximum absolute atomic E-state index is 11.4. The van der Waals surface area contributed by atoms with Gasteiger partial charge in [0.05, 0.1) is 6.61 Å². The third kappa shape index (κ3) is 3.73. The summed E-state index contributed by atoms with van der Waals surface area (Å²) in [5, 5.41) is 2.58. The van der Waals surface area contributed by atoms with E-state index in [2.05, 4.69) is 15.3 Å². The molecule has 0 aliphatic rings. The molecule has 1 aromatic heterocycles. The van der Waals surface area contributed by atoms with Crippen LogP contribution in [0.1, 0.15) is 5.56 Å². The fourth-order valence-corrected chi connectivity index (χ4v) is 1.34. The van der Waals surface area contributed by atoms with Crippen molar-refractivity contribution >= 4 is 11.9 Å². The van der Waals surface area contributed by atoms with Crippen LogP contribution in [0.4, 0.5) is 5.95 Å². The minimum absolute atomic E-state index is 0.00952. The number of hydrogen-bond acceptors (Lipinski definition) is 3. The number of carbonyl (C=O) groups excluding carboxylic acids is 1. The van der Waals surface area contributed by atoms with E-state index in [0.29, 0.717) is 12.6 Å². The number of nitrogens with one attached hydrogen (secondary N) is 2. The molecule has 5 heteroatoms. The normalized spacial score (nSPS) is 10.1. The second-order valence-corrected chi connectivity index (χ2v) is 3.46. The summed E-state index contributed by atoms with van der Waals surface area (Å²) in [6.45, 7) is 0.433. The Balaban J connectivity index is 1.70. The molecule has 0 atom stereocenters. The topological polar surface area (TPSA) is 67.0 Å². The minimum atomic E-state index is -0.226. The van der Waals surface area contributed by atoms with Crippen molar-refractivity contribution in [3.63, 3.8) is 0 Å². The summed E-state index contributed by atoms with van der Waals surface area (Å²) in [4.78, 5) is 18.1. The average Bonchev–Trinajstić information content (AvgIpc) is 2.83. The minimum Gasteiger partial charge on any atom is -0.367 e. The molecule has 0 unspecified atom stereocenters. The number of aromatic amines is 1. The number of ether oxygens (including phenoxy) is 1. The average molecular weight is 231 g/mol.